The van der Waals surface area contributed by atoms with Crippen LogP contribution in [0.1, 0.15) is 16.8 Å². The summed E-state index contributed by atoms with van der Waals surface area (Å²) in [7, 11) is 0. The van der Waals surface area contributed by atoms with E-state index in [2.05, 4.69) is 4.98 Å². The molecule has 6 N–H and O–H groups in total. The Morgan fingerprint density at radius 2 is 1.87 bits per heavy atom. The van der Waals surface area contributed by atoms with Gasteiger partial charge in [0.2, 0.25) is 0 Å². The van der Waals surface area contributed by atoms with Gasteiger partial charge in [0, 0.05) is 17.3 Å². The van der Waals surface area contributed by atoms with Crippen LogP contribution in [0.5, 0.6) is 5.75 Å². The van der Waals surface area contributed by atoms with Gasteiger partial charge in [0.05, 0.1) is 25.5 Å². The number of aliphatic hydroxyl groups is 5. The van der Waals surface area contributed by atoms with Crippen molar-refractivity contribution >= 4 is 0 Å². The maximum Gasteiger partial charge on any atom is 0.187 e. The van der Waals surface area contributed by atoms with Crippen molar-refractivity contribution in [2.45, 2.75) is 50.8 Å². The topological polar surface area (TPSA) is 153 Å². The number of ether oxygens (including phenoxy) is 2. The number of aromatic nitrogens is 1. The fraction of sp³-hybridized carbons (Fsp3) is 0.643. The van der Waals surface area contributed by atoms with E-state index in [9.17, 15) is 25.5 Å². The maximum atomic E-state index is 9.87. The van der Waals surface area contributed by atoms with Crippen LogP contribution in [-0.2, 0) is 22.7 Å². The first kappa shape index (κ1) is 18.0. The quantitative estimate of drug-likeness (QED) is 0.356. The molecular weight excluding hydrogens is 310 g/mol. The average Bonchev–Trinajstić information content (AvgIpc) is 2.55. The fourth-order valence-electron chi connectivity index (χ4n) is 2.36. The molecule has 1 saturated heterocycles. The molecule has 9 nitrogen and oxygen atoms in total. The van der Waals surface area contributed by atoms with E-state index in [0.29, 0.717) is 11.3 Å². The minimum Gasteiger partial charge on any atom is -0.506 e. The van der Waals surface area contributed by atoms with Crippen molar-refractivity contribution in [3.8, 4) is 5.75 Å². The van der Waals surface area contributed by atoms with Crippen molar-refractivity contribution in [1.82, 2.24) is 4.98 Å². The van der Waals surface area contributed by atoms with Crippen LogP contribution in [0.2, 0.25) is 0 Å². The summed E-state index contributed by atoms with van der Waals surface area (Å²) in [4.78, 5) is 3.95. The molecule has 2 rings (SSSR count). The molecule has 0 saturated carbocycles. The van der Waals surface area contributed by atoms with Crippen LogP contribution in [0.25, 0.3) is 0 Å². The van der Waals surface area contributed by atoms with Crippen molar-refractivity contribution in [2.75, 3.05) is 6.61 Å². The largest absolute Gasteiger partial charge is 0.506 e. The normalized spacial score (nSPS) is 31.3. The van der Waals surface area contributed by atoms with Crippen LogP contribution in [0.15, 0.2) is 6.20 Å². The molecule has 0 spiro atoms. The first-order valence-electron chi connectivity index (χ1n) is 7.10. The molecule has 1 aliphatic rings. The van der Waals surface area contributed by atoms with Crippen LogP contribution in [0, 0.1) is 6.92 Å². The predicted molar refractivity (Wildman–Crippen MR) is 75.1 cm³/mol. The minimum atomic E-state index is -1.53. The zero-order valence-corrected chi connectivity index (χ0v) is 12.5. The standard InChI is InChI=1S/C14H21NO8/c1-6-10(18)8(3-16)7(2-15-6)5-22-14-13(21)12(20)11(19)9(4-17)23-14/h2,9,11-14,16-21H,3-5H2,1H3/t9-,11+,12+,13-,14?/m1/s1. The van der Waals surface area contributed by atoms with Gasteiger partial charge in [-0.2, -0.15) is 0 Å². The van der Waals surface area contributed by atoms with Gasteiger partial charge in [-0.3, -0.25) is 4.98 Å². The van der Waals surface area contributed by atoms with Crippen molar-refractivity contribution < 1.29 is 40.1 Å². The smallest absolute Gasteiger partial charge is 0.187 e. The molecule has 1 aliphatic heterocycles. The van der Waals surface area contributed by atoms with Crippen molar-refractivity contribution in [1.29, 1.82) is 0 Å². The molecule has 0 radical (unpaired) electrons. The third-order valence-electron chi connectivity index (χ3n) is 3.84. The molecule has 0 bridgehead atoms. The number of pyridine rings is 1. The molecule has 130 valence electrons. The van der Waals surface area contributed by atoms with E-state index < -0.39 is 43.9 Å². The summed E-state index contributed by atoms with van der Waals surface area (Å²) in [5.41, 5.74) is 0.972. The molecular formula is C14H21NO8. The van der Waals surface area contributed by atoms with Crippen LogP contribution in [0.3, 0.4) is 0 Å². The Morgan fingerprint density at radius 1 is 1.17 bits per heavy atom. The number of aryl methyl sites for hydroxylation is 1. The Labute approximate surface area is 132 Å². The molecule has 0 aromatic carbocycles. The van der Waals surface area contributed by atoms with Gasteiger partial charge in [0.1, 0.15) is 30.2 Å². The van der Waals surface area contributed by atoms with Crippen LogP contribution in [-0.4, -0.2) is 72.9 Å². The molecule has 23 heavy (non-hydrogen) atoms. The van der Waals surface area contributed by atoms with Crippen LogP contribution >= 0.6 is 0 Å². The number of nitrogens with zero attached hydrogens (tertiary/aromatic N) is 1. The van der Waals surface area contributed by atoms with Gasteiger partial charge in [0.15, 0.2) is 6.29 Å². The molecule has 2 heterocycles. The zero-order valence-electron chi connectivity index (χ0n) is 12.5. The Morgan fingerprint density at radius 3 is 2.48 bits per heavy atom. The van der Waals surface area contributed by atoms with E-state index in [-0.39, 0.29) is 17.9 Å². The monoisotopic (exact) mass is 331 g/mol. The van der Waals surface area contributed by atoms with Gasteiger partial charge < -0.3 is 40.1 Å². The van der Waals surface area contributed by atoms with Gasteiger partial charge in [-0.25, -0.2) is 0 Å². The van der Waals surface area contributed by atoms with Gasteiger partial charge in [-0.1, -0.05) is 0 Å². The van der Waals surface area contributed by atoms with Crippen LogP contribution in [0.4, 0.5) is 0 Å². The zero-order chi connectivity index (χ0) is 17.1. The highest BCUT2D eigenvalue weighted by Gasteiger charge is 2.44. The molecule has 1 aromatic rings. The van der Waals surface area contributed by atoms with E-state index in [1.807, 2.05) is 0 Å². The van der Waals surface area contributed by atoms with E-state index >= 15 is 0 Å². The lowest BCUT2D eigenvalue weighted by molar-refractivity contribution is -0.304. The van der Waals surface area contributed by atoms with Gasteiger partial charge in [0.25, 0.3) is 0 Å². The highest BCUT2D eigenvalue weighted by Crippen LogP contribution is 2.26. The van der Waals surface area contributed by atoms with Crippen molar-refractivity contribution in [3.63, 3.8) is 0 Å². The summed E-state index contributed by atoms with van der Waals surface area (Å²) < 4.78 is 10.6. The highest BCUT2D eigenvalue weighted by molar-refractivity contribution is 5.39. The summed E-state index contributed by atoms with van der Waals surface area (Å²) in [6.45, 7) is 0.429. The van der Waals surface area contributed by atoms with Gasteiger partial charge in [-0.05, 0) is 6.92 Å². The molecule has 5 atom stereocenters. The lowest BCUT2D eigenvalue weighted by Gasteiger charge is -2.39. The second kappa shape index (κ2) is 7.49. The fourth-order valence-corrected chi connectivity index (χ4v) is 2.36. The molecule has 0 amide bonds. The van der Waals surface area contributed by atoms with Gasteiger partial charge in [-0.15, -0.1) is 0 Å². The van der Waals surface area contributed by atoms with E-state index in [0.717, 1.165) is 0 Å². The number of hydrogen-bond donors (Lipinski definition) is 6. The van der Waals surface area contributed by atoms with Crippen LogP contribution < -0.4 is 0 Å². The third kappa shape index (κ3) is 3.61. The first-order chi connectivity index (χ1) is 10.9. The van der Waals surface area contributed by atoms with Crippen molar-refractivity contribution in [3.05, 3.63) is 23.0 Å². The Bertz CT molecular complexity index is 538. The van der Waals surface area contributed by atoms with E-state index in [1.54, 1.807) is 6.92 Å². The Hall–Kier alpha value is -1.33. The number of hydrogen-bond acceptors (Lipinski definition) is 9. The Kier molecular flexibility index (Phi) is 5.87. The number of rotatable bonds is 5. The predicted octanol–water partition coefficient (Wildman–Crippen LogP) is -2.10. The highest BCUT2D eigenvalue weighted by atomic mass is 16.7. The summed E-state index contributed by atoms with van der Waals surface area (Å²) in [5, 5.41) is 57.5. The second-order valence-corrected chi connectivity index (χ2v) is 5.36. The summed E-state index contributed by atoms with van der Waals surface area (Å²) in [6.07, 6.45) is -5.47. The second-order valence-electron chi connectivity index (χ2n) is 5.36. The number of aliphatic hydroxyl groups excluding tert-OH is 5. The average molecular weight is 331 g/mol. The summed E-state index contributed by atoms with van der Waals surface area (Å²) >= 11 is 0. The minimum absolute atomic E-state index is 0.151. The third-order valence-corrected chi connectivity index (χ3v) is 3.84. The van der Waals surface area contributed by atoms with Crippen molar-refractivity contribution in [2.24, 2.45) is 0 Å². The molecule has 0 aliphatic carbocycles. The molecule has 1 unspecified atom stereocenters. The van der Waals surface area contributed by atoms with E-state index in [1.165, 1.54) is 6.20 Å². The van der Waals surface area contributed by atoms with E-state index in [4.69, 9.17) is 14.6 Å². The lowest BCUT2D eigenvalue weighted by Crippen LogP contribution is -2.59. The molecule has 1 fully saturated rings. The molecule has 1 aromatic heterocycles. The molecule has 9 heteroatoms. The summed E-state index contributed by atoms with van der Waals surface area (Å²) in [6, 6.07) is 0. The van der Waals surface area contributed by atoms with Gasteiger partial charge >= 0.3 is 0 Å². The SMILES string of the molecule is Cc1ncc(COC2O[C@H](CO)[C@H](O)[C@H](O)[C@H]2O)c(CO)c1O. The lowest BCUT2D eigenvalue weighted by atomic mass is 9.99. The Balaban J connectivity index is 2.10. The first-order valence-corrected chi connectivity index (χ1v) is 7.10. The number of aromatic hydroxyl groups is 1. The maximum absolute atomic E-state index is 9.87. The summed E-state index contributed by atoms with van der Waals surface area (Å²) in [5.74, 6) is -0.151.